The second-order valence-corrected chi connectivity index (χ2v) is 9.88. The van der Waals surface area contributed by atoms with Crippen LogP contribution in [0.3, 0.4) is 0 Å². The van der Waals surface area contributed by atoms with E-state index in [1.165, 1.54) is 28.5 Å². The molecule has 8 nitrogen and oxygen atoms in total. The average Bonchev–Trinajstić information content (AvgIpc) is 3.36. The van der Waals surface area contributed by atoms with E-state index in [4.69, 9.17) is 9.57 Å². The highest BCUT2D eigenvalue weighted by atomic mass is 32.2. The van der Waals surface area contributed by atoms with E-state index < -0.39 is 15.6 Å². The van der Waals surface area contributed by atoms with E-state index in [2.05, 4.69) is 4.90 Å². The van der Waals surface area contributed by atoms with E-state index >= 15 is 0 Å². The Morgan fingerprint density at radius 1 is 1.20 bits per heavy atom. The third-order valence-corrected chi connectivity index (χ3v) is 6.80. The van der Waals surface area contributed by atoms with Crippen molar-refractivity contribution < 1.29 is 22.8 Å². The maximum atomic E-state index is 12.9. The predicted molar refractivity (Wildman–Crippen MR) is 90.1 cm³/mol. The zero-order valence-corrected chi connectivity index (χ0v) is 15.5. The van der Waals surface area contributed by atoms with Crippen molar-refractivity contribution in [2.24, 2.45) is 5.92 Å². The van der Waals surface area contributed by atoms with Crippen LogP contribution in [0.25, 0.3) is 0 Å². The van der Waals surface area contributed by atoms with Crippen LogP contribution in [0.2, 0.25) is 0 Å². The summed E-state index contributed by atoms with van der Waals surface area (Å²) >= 11 is 0. The lowest BCUT2D eigenvalue weighted by molar-refractivity contribution is -0.220. The largest absolute Gasteiger partial charge is 0.369 e. The van der Waals surface area contributed by atoms with Gasteiger partial charge in [0, 0.05) is 32.7 Å². The van der Waals surface area contributed by atoms with Crippen molar-refractivity contribution >= 4 is 15.9 Å². The molecule has 9 heteroatoms. The molecular formula is C16H27N3O5S. The zero-order chi connectivity index (χ0) is 17.7. The van der Waals surface area contributed by atoms with Crippen LogP contribution in [0.5, 0.6) is 0 Å². The summed E-state index contributed by atoms with van der Waals surface area (Å²) < 4.78 is 30.8. The van der Waals surface area contributed by atoms with E-state index in [-0.39, 0.29) is 11.9 Å². The normalized spacial score (nSPS) is 31.1. The molecule has 1 unspecified atom stereocenters. The molecule has 0 bridgehead atoms. The molecule has 1 spiro atoms. The second-order valence-electron chi connectivity index (χ2n) is 7.89. The Balaban J connectivity index is 1.43. The van der Waals surface area contributed by atoms with Crippen molar-refractivity contribution in [3.8, 4) is 0 Å². The molecule has 0 aromatic carbocycles. The van der Waals surface area contributed by atoms with E-state index in [0.717, 1.165) is 19.4 Å². The Morgan fingerprint density at radius 2 is 1.96 bits per heavy atom. The molecule has 1 aliphatic carbocycles. The van der Waals surface area contributed by atoms with Crippen molar-refractivity contribution in [1.29, 1.82) is 0 Å². The van der Waals surface area contributed by atoms with E-state index in [1.807, 2.05) is 0 Å². The minimum Gasteiger partial charge on any atom is -0.369 e. The molecule has 0 radical (unpaired) electrons. The molecule has 0 aromatic heterocycles. The maximum Gasteiger partial charge on any atom is 0.265 e. The summed E-state index contributed by atoms with van der Waals surface area (Å²) in [5.74, 6) is 0.633. The van der Waals surface area contributed by atoms with Gasteiger partial charge in [-0.2, -0.15) is 4.31 Å². The Bertz CT molecular complexity index is 624. The van der Waals surface area contributed by atoms with Gasteiger partial charge in [0.2, 0.25) is 10.0 Å². The Labute approximate surface area is 149 Å². The first-order chi connectivity index (χ1) is 11.9. The van der Waals surface area contributed by atoms with Gasteiger partial charge in [0.05, 0.1) is 19.5 Å². The van der Waals surface area contributed by atoms with Crippen LogP contribution in [-0.4, -0.2) is 92.4 Å². The van der Waals surface area contributed by atoms with Crippen molar-refractivity contribution in [2.75, 3.05) is 52.2 Å². The van der Waals surface area contributed by atoms with Gasteiger partial charge in [0.15, 0.2) is 0 Å². The number of amides is 1. The standard InChI is InChI=1S/C16H27N3O5S/c1-25(21,22)18-11-16(12-18)10-17(8-13-4-5-13)14(9-23-16)15(20)19-6-2-3-7-24-19/h13-14H,2-12H2,1H3. The van der Waals surface area contributed by atoms with Gasteiger partial charge in [-0.15, -0.1) is 0 Å². The lowest BCUT2D eigenvalue weighted by Crippen LogP contribution is -2.73. The van der Waals surface area contributed by atoms with Crippen molar-refractivity contribution in [2.45, 2.75) is 37.3 Å². The lowest BCUT2D eigenvalue weighted by Gasteiger charge is -2.54. The lowest BCUT2D eigenvalue weighted by atomic mass is 9.92. The SMILES string of the molecule is CS(=O)(=O)N1CC2(CN(CC3CC3)C(C(=O)N3CCCCO3)CO2)C1. The average molecular weight is 373 g/mol. The van der Waals surface area contributed by atoms with Gasteiger partial charge in [-0.1, -0.05) is 0 Å². The summed E-state index contributed by atoms with van der Waals surface area (Å²) in [6.45, 7) is 3.80. The Morgan fingerprint density at radius 3 is 2.56 bits per heavy atom. The van der Waals surface area contributed by atoms with Crippen LogP contribution in [-0.2, 0) is 24.4 Å². The fourth-order valence-electron chi connectivity index (χ4n) is 3.90. The quantitative estimate of drug-likeness (QED) is 0.671. The minimum absolute atomic E-state index is 0.0190. The van der Waals surface area contributed by atoms with Gasteiger partial charge >= 0.3 is 0 Å². The van der Waals surface area contributed by atoms with Crippen LogP contribution >= 0.6 is 0 Å². The smallest absolute Gasteiger partial charge is 0.265 e. The van der Waals surface area contributed by atoms with Crippen molar-refractivity contribution in [1.82, 2.24) is 14.3 Å². The fraction of sp³-hybridized carbons (Fsp3) is 0.938. The van der Waals surface area contributed by atoms with Gasteiger partial charge in [-0.05, 0) is 31.6 Å². The highest BCUT2D eigenvalue weighted by molar-refractivity contribution is 7.88. The summed E-state index contributed by atoms with van der Waals surface area (Å²) in [5.41, 5.74) is -0.461. The van der Waals surface area contributed by atoms with E-state index in [0.29, 0.717) is 45.3 Å². The highest BCUT2D eigenvalue weighted by Gasteiger charge is 2.54. The molecule has 0 aromatic rings. The van der Waals surface area contributed by atoms with E-state index in [1.54, 1.807) is 0 Å². The first-order valence-electron chi connectivity index (χ1n) is 9.14. The predicted octanol–water partition coefficient (Wildman–Crippen LogP) is -0.335. The number of carbonyl (C=O) groups is 1. The van der Waals surface area contributed by atoms with Crippen molar-refractivity contribution in [3.63, 3.8) is 0 Å². The Hall–Kier alpha value is -0.740. The van der Waals surface area contributed by atoms with Crippen LogP contribution in [0, 0.1) is 5.92 Å². The van der Waals surface area contributed by atoms with Crippen LogP contribution < -0.4 is 0 Å². The molecule has 4 aliphatic rings. The second kappa shape index (κ2) is 6.45. The summed E-state index contributed by atoms with van der Waals surface area (Å²) in [7, 11) is -3.18. The number of ether oxygens (including phenoxy) is 1. The summed E-state index contributed by atoms with van der Waals surface area (Å²) in [5, 5.41) is 1.50. The number of nitrogens with zero attached hydrogens (tertiary/aromatic N) is 3. The zero-order valence-electron chi connectivity index (χ0n) is 14.7. The fourth-order valence-corrected chi connectivity index (χ4v) is 4.84. The molecule has 1 amide bonds. The summed E-state index contributed by atoms with van der Waals surface area (Å²) in [4.78, 5) is 20.6. The van der Waals surface area contributed by atoms with Gasteiger partial charge in [0.25, 0.3) is 5.91 Å². The number of sulfonamides is 1. The van der Waals surface area contributed by atoms with Crippen LogP contribution in [0.15, 0.2) is 0 Å². The summed E-state index contributed by atoms with van der Waals surface area (Å²) in [6.07, 6.45) is 5.60. The highest BCUT2D eigenvalue weighted by Crippen LogP contribution is 2.36. The molecule has 142 valence electrons. The summed E-state index contributed by atoms with van der Waals surface area (Å²) in [6, 6.07) is -0.323. The maximum absolute atomic E-state index is 12.9. The van der Waals surface area contributed by atoms with Gasteiger partial charge < -0.3 is 4.74 Å². The molecule has 3 saturated heterocycles. The third kappa shape index (κ3) is 3.71. The molecule has 1 saturated carbocycles. The van der Waals surface area contributed by atoms with Gasteiger partial charge in [-0.3, -0.25) is 14.5 Å². The number of rotatable bonds is 4. The molecule has 0 N–H and O–H groups in total. The topological polar surface area (TPSA) is 79.4 Å². The molecule has 1 atom stereocenters. The molecule has 3 aliphatic heterocycles. The number of carbonyl (C=O) groups excluding carboxylic acids is 1. The monoisotopic (exact) mass is 373 g/mol. The van der Waals surface area contributed by atoms with Crippen molar-refractivity contribution in [3.05, 3.63) is 0 Å². The minimum atomic E-state index is -3.18. The van der Waals surface area contributed by atoms with E-state index in [9.17, 15) is 13.2 Å². The number of hydroxylamine groups is 2. The molecule has 3 heterocycles. The number of hydrogen-bond donors (Lipinski definition) is 0. The Kier molecular flexibility index (Phi) is 4.56. The van der Waals surface area contributed by atoms with Gasteiger partial charge in [-0.25, -0.2) is 13.5 Å². The van der Waals surface area contributed by atoms with Gasteiger partial charge in [0.1, 0.15) is 11.6 Å². The first-order valence-corrected chi connectivity index (χ1v) is 11.0. The number of hydrogen-bond acceptors (Lipinski definition) is 6. The van der Waals surface area contributed by atoms with Crippen LogP contribution in [0.4, 0.5) is 0 Å². The van der Waals surface area contributed by atoms with Crippen LogP contribution in [0.1, 0.15) is 25.7 Å². The third-order valence-electron chi connectivity index (χ3n) is 5.60. The molecular weight excluding hydrogens is 346 g/mol. The first kappa shape index (κ1) is 17.7. The molecule has 4 rings (SSSR count). The molecule has 4 fully saturated rings. The number of morpholine rings is 1. The molecule has 25 heavy (non-hydrogen) atoms.